The monoisotopic (exact) mass is 217 g/mol. The largest absolute Gasteiger partial charge is 0.443 e. The Bertz CT molecular complexity index is 190. The second-order valence-electron chi connectivity index (χ2n) is 2.99. The van der Waals surface area contributed by atoms with Crippen molar-refractivity contribution in [3.8, 4) is 0 Å². The topological polar surface area (TPSA) is 70.0 Å². The summed E-state index contributed by atoms with van der Waals surface area (Å²) < 4.78 is 5.06. The molecule has 0 aromatic carbocycles. The highest BCUT2D eigenvalue weighted by Gasteiger charge is 2.18. The van der Waals surface area contributed by atoms with E-state index in [4.69, 9.17) is 14.9 Å². The van der Waals surface area contributed by atoms with E-state index in [1.54, 1.807) is 4.90 Å². The predicted molar refractivity (Wildman–Crippen MR) is 56.1 cm³/mol. The number of hydrogen-bond acceptors (Lipinski definition) is 5. The fourth-order valence-corrected chi connectivity index (χ4v) is 1.25. The van der Waals surface area contributed by atoms with Gasteiger partial charge in [-0.3, -0.25) is 4.90 Å². The predicted octanol–water partition coefficient (Wildman–Crippen LogP) is -0.262. The van der Waals surface area contributed by atoms with Crippen LogP contribution in [0.3, 0.4) is 0 Å². The van der Waals surface area contributed by atoms with E-state index in [0.29, 0.717) is 19.5 Å². The minimum atomic E-state index is -0.497. The van der Waals surface area contributed by atoms with Crippen molar-refractivity contribution in [2.45, 2.75) is 19.6 Å². The maximum absolute atomic E-state index is 11.0. The molecule has 1 atom stereocenters. The molecule has 5 nitrogen and oxygen atoms in total. The summed E-state index contributed by atoms with van der Waals surface area (Å²) in [5.41, 5.74) is 0. The molecular weight excluding hydrogens is 198 g/mol. The first-order valence-corrected chi connectivity index (χ1v) is 4.98. The van der Waals surface area contributed by atoms with Gasteiger partial charge in [0.25, 0.3) is 0 Å². The third-order valence-electron chi connectivity index (χ3n) is 1.95. The van der Waals surface area contributed by atoms with Crippen LogP contribution in [0, 0.1) is 0 Å². The minimum absolute atomic E-state index is 0.0395. The molecular formula is C10H19NO4. The molecule has 0 radical (unpaired) electrons. The van der Waals surface area contributed by atoms with Gasteiger partial charge in [-0.25, -0.2) is 4.79 Å². The summed E-state index contributed by atoms with van der Waals surface area (Å²) in [5, 5.41) is 17.6. The number of hydrogen-bond donors (Lipinski definition) is 2. The lowest BCUT2D eigenvalue weighted by Gasteiger charge is -2.28. The molecule has 2 N–H and O–H groups in total. The highest BCUT2D eigenvalue weighted by molar-refractivity contribution is 5.81. The maximum atomic E-state index is 11.0. The van der Waals surface area contributed by atoms with Gasteiger partial charge in [0.1, 0.15) is 0 Å². The van der Waals surface area contributed by atoms with Gasteiger partial charge in [0.05, 0.1) is 13.2 Å². The lowest BCUT2D eigenvalue weighted by Crippen LogP contribution is -2.41. The Hall–Kier alpha value is -0.910. The third-order valence-corrected chi connectivity index (χ3v) is 1.95. The first-order chi connectivity index (χ1) is 7.19. The van der Waals surface area contributed by atoms with Gasteiger partial charge in [-0.1, -0.05) is 13.5 Å². The van der Waals surface area contributed by atoms with Crippen molar-refractivity contribution in [2.75, 3.05) is 26.3 Å². The molecule has 0 aliphatic rings. The van der Waals surface area contributed by atoms with Crippen molar-refractivity contribution in [3.63, 3.8) is 0 Å². The van der Waals surface area contributed by atoms with Crippen molar-refractivity contribution < 1.29 is 19.7 Å². The molecule has 1 unspecified atom stereocenters. The SMILES string of the molecule is C=CC(=O)OC(CC)N(CCO)CCO. The molecule has 0 bridgehead atoms. The van der Waals surface area contributed by atoms with Crippen LogP contribution in [0.2, 0.25) is 0 Å². The van der Waals surface area contributed by atoms with Gasteiger partial charge in [0, 0.05) is 19.2 Å². The highest BCUT2D eigenvalue weighted by atomic mass is 16.6. The molecule has 0 saturated carbocycles. The Balaban J connectivity index is 4.28. The zero-order valence-corrected chi connectivity index (χ0v) is 9.06. The Morgan fingerprint density at radius 2 is 2.00 bits per heavy atom. The van der Waals surface area contributed by atoms with Crippen LogP contribution in [-0.2, 0) is 9.53 Å². The van der Waals surface area contributed by atoms with E-state index < -0.39 is 12.2 Å². The van der Waals surface area contributed by atoms with Gasteiger partial charge in [-0.2, -0.15) is 0 Å². The quantitative estimate of drug-likeness (QED) is 0.333. The molecule has 0 rings (SSSR count). The van der Waals surface area contributed by atoms with Gasteiger partial charge in [-0.15, -0.1) is 0 Å². The first kappa shape index (κ1) is 14.1. The van der Waals surface area contributed by atoms with Crippen molar-refractivity contribution in [3.05, 3.63) is 12.7 Å². The van der Waals surface area contributed by atoms with E-state index in [-0.39, 0.29) is 13.2 Å². The van der Waals surface area contributed by atoms with Crippen LogP contribution >= 0.6 is 0 Å². The number of rotatable bonds is 8. The van der Waals surface area contributed by atoms with E-state index in [2.05, 4.69) is 6.58 Å². The van der Waals surface area contributed by atoms with Gasteiger partial charge in [0.2, 0.25) is 0 Å². The zero-order chi connectivity index (χ0) is 11.7. The summed E-state index contributed by atoms with van der Waals surface area (Å²) in [7, 11) is 0. The van der Waals surface area contributed by atoms with Crippen LogP contribution in [-0.4, -0.2) is 53.6 Å². The van der Waals surface area contributed by atoms with Crippen LogP contribution < -0.4 is 0 Å². The number of carbonyl (C=O) groups excluding carboxylic acids is 1. The van der Waals surface area contributed by atoms with E-state index in [9.17, 15) is 4.79 Å². The zero-order valence-electron chi connectivity index (χ0n) is 9.06. The summed E-state index contributed by atoms with van der Waals surface area (Å²) >= 11 is 0. The van der Waals surface area contributed by atoms with Crippen molar-refractivity contribution in [1.82, 2.24) is 4.90 Å². The molecule has 0 aromatic heterocycles. The van der Waals surface area contributed by atoms with Crippen LogP contribution in [0.25, 0.3) is 0 Å². The average Bonchev–Trinajstić information content (AvgIpc) is 2.25. The van der Waals surface area contributed by atoms with Gasteiger partial charge in [-0.05, 0) is 6.42 Å². The lowest BCUT2D eigenvalue weighted by atomic mass is 10.3. The summed E-state index contributed by atoms with van der Waals surface area (Å²) in [6.45, 7) is 5.82. The molecule has 0 spiro atoms. The average molecular weight is 217 g/mol. The molecule has 15 heavy (non-hydrogen) atoms. The molecule has 0 aliphatic carbocycles. The Kier molecular flexibility index (Phi) is 7.89. The van der Waals surface area contributed by atoms with Gasteiger partial charge < -0.3 is 14.9 Å². The maximum Gasteiger partial charge on any atom is 0.331 e. The number of nitrogens with zero attached hydrogens (tertiary/aromatic N) is 1. The van der Waals surface area contributed by atoms with Crippen LogP contribution in [0.1, 0.15) is 13.3 Å². The Labute approximate surface area is 90.0 Å². The molecule has 0 aliphatic heterocycles. The summed E-state index contributed by atoms with van der Waals surface area (Å²) in [4.78, 5) is 12.7. The van der Waals surface area contributed by atoms with E-state index >= 15 is 0 Å². The standard InChI is InChI=1S/C10H19NO4/c1-3-9(15-10(14)4-2)11(5-7-12)6-8-13/h4,9,12-13H,2-3,5-8H2,1H3. The third kappa shape index (κ3) is 5.51. The number of carbonyl (C=O) groups is 1. The van der Waals surface area contributed by atoms with E-state index in [1.165, 1.54) is 0 Å². The van der Waals surface area contributed by atoms with Gasteiger partial charge >= 0.3 is 5.97 Å². The van der Waals surface area contributed by atoms with Crippen molar-refractivity contribution in [1.29, 1.82) is 0 Å². The number of aliphatic hydroxyl groups excluding tert-OH is 2. The number of esters is 1. The van der Waals surface area contributed by atoms with Crippen LogP contribution in [0.4, 0.5) is 0 Å². The number of aliphatic hydroxyl groups is 2. The number of ether oxygens (including phenoxy) is 1. The smallest absolute Gasteiger partial charge is 0.331 e. The van der Waals surface area contributed by atoms with Crippen LogP contribution in [0.15, 0.2) is 12.7 Å². The van der Waals surface area contributed by atoms with Crippen LogP contribution in [0.5, 0.6) is 0 Å². The molecule has 0 aromatic rings. The fourth-order valence-electron chi connectivity index (χ4n) is 1.25. The minimum Gasteiger partial charge on any atom is -0.443 e. The first-order valence-electron chi connectivity index (χ1n) is 4.98. The van der Waals surface area contributed by atoms with E-state index in [0.717, 1.165) is 6.08 Å². The Morgan fingerprint density at radius 3 is 2.33 bits per heavy atom. The lowest BCUT2D eigenvalue weighted by molar-refractivity contribution is -0.154. The second-order valence-corrected chi connectivity index (χ2v) is 2.99. The molecule has 0 fully saturated rings. The van der Waals surface area contributed by atoms with Gasteiger partial charge in [0.15, 0.2) is 6.23 Å². The summed E-state index contributed by atoms with van der Waals surface area (Å²) in [5.74, 6) is -0.497. The van der Waals surface area contributed by atoms with Crippen molar-refractivity contribution >= 4 is 5.97 Å². The highest BCUT2D eigenvalue weighted by Crippen LogP contribution is 2.06. The summed E-state index contributed by atoms with van der Waals surface area (Å²) in [6.07, 6.45) is 1.27. The Morgan fingerprint density at radius 1 is 1.47 bits per heavy atom. The summed E-state index contributed by atoms with van der Waals surface area (Å²) in [6, 6.07) is 0. The second kappa shape index (κ2) is 8.40. The molecule has 88 valence electrons. The molecule has 0 saturated heterocycles. The molecule has 0 heterocycles. The molecule has 0 amide bonds. The normalized spacial score (nSPS) is 12.5. The molecule has 5 heteroatoms. The fraction of sp³-hybridized carbons (Fsp3) is 0.700. The van der Waals surface area contributed by atoms with E-state index in [1.807, 2.05) is 6.92 Å². The van der Waals surface area contributed by atoms with Crippen molar-refractivity contribution in [2.24, 2.45) is 0 Å².